The molecule has 26 heavy (non-hydrogen) atoms. The second kappa shape index (κ2) is 10.0. The first-order valence-electron chi connectivity index (χ1n) is 8.34. The molecule has 138 valence electrons. The molecule has 0 saturated carbocycles. The van der Waals surface area contributed by atoms with Gasteiger partial charge < -0.3 is 25.8 Å². The van der Waals surface area contributed by atoms with Crippen molar-refractivity contribution in [2.75, 3.05) is 37.0 Å². The van der Waals surface area contributed by atoms with Crippen molar-refractivity contribution in [2.24, 2.45) is 5.73 Å². The van der Waals surface area contributed by atoms with Gasteiger partial charge in [0.05, 0.1) is 24.4 Å². The van der Waals surface area contributed by atoms with E-state index in [4.69, 9.17) is 15.2 Å². The highest BCUT2D eigenvalue weighted by Crippen LogP contribution is 2.23. The van der Waals surface area contributed by atoms with Gasteiger partial charge in [0.2, 0.25) is 5.91 Å². The molecule has 0 heterocycles. The molecular formula is C19H23N3O4. The normalized spacial score (nSPS) is 10.2. The molecule has 0 aromatic heterocycles. The predicted octanol–water partition coefficient (Wildman–Crippen LogP) is 2.25. The minimum Gasteiger partial charge on any atom is -0.489 e. The summed E-state index contributed by atoms with van der Waals surface area (Å²) in [6.45, 7) is 3.39. The summed E-state index contributed by atoms with van der Waals surface area (Å²) in [5.41, 5.74) is 6.74. The van der Waals surface area contributed by atoms with E-state index in [0.717, 1.165) is 0 Å². The van der Waals surface area contributed by atoms with Crippen molar-refractivity contribution >= 4 is 23.2 Å². The van der Waals surface area contributed by atoms with Gasteiger partial charge in [-0.05, 0) is 31.2 Å². The van der Waals surface area contributed by atoms with Gasteiger partial charge in [0, 0.05) is 12.3 Å². The highest BCUT2D eigenvalue weighted by Gasteiger charge is 2.10. The van der Waals surface area contributed by atoms with E-state index in [9.17, 15) is 9.59 Å². The summed E-state index contributed by atoms with van der Waals surface area (Å²) in [6, 6.07) is 13.9. The summed E-state index contributed by atoms with van der Waals surface area (Å²) in [6.07, 6.45) is 0. The first kappa shape index (κ1) is 19.3. The molecule has 7 heteroatoms. The van der Waals surface area contributed by atoms with Crippen LogP contribution in [0.3, 0.4) is 0 Å². The van der Waals surface area contributed by atoms with Crippen molar-refractivity contribution in [3.63, 3.8) is 0 Å². The topological polar surface area (TPSA) is 103 Å². The molecule has 7 nitrogen and oxygen atoms in total. The van der Waals surface area contributed by atoms with Crippen molar-refractivity contribution in [2.45, 2.75) is 6.92 Å². The maximum atomic E-state index is 12.2. The van der Waals surface area contributed by atoms with Crippen LogP contribution < -0.4 is 21.1 Å². The number of amides is 2. The van der Waals surface area contributed by atoms with Gasteiger partial charge in [-0.3, -0.25) is 9.59 Å². The highest BCUT2D eigenvalue weighted by atomic mass is 16.5. The Hall–Kier alpha value is -3.06. The molecule has 0 fully saturated rings. The van der Waals surface area contributed by atoms with Gasteiger partial charge in [-0.15, -0.1) is 0 Å². The van der Waals surface area contributed by atoms with Gasteiger partial charge >= 0.3 is 0 Å². The summed E-state index contributed by atoms with van der Waals surface area (Å²) in [7, 11) is 0. The average Bonchev–Trinajstić information content (AvgIpc) is 2.65. The average molecular weight is 357 g/mol. The Morgan fingerprint density at radius 1 is 1.00 bits per heavy atom. The Balaban J connectivity index is 1.93. The smallest absolute Gasteiger partial charge is 0.250 e. The number of hydrogen-bond acceptors (Lipinski definition) is 5. The third kappa shape index (κ3) is 5.78. The number of anilines is 2. The van der Waals surface area contributed by atoms with Gasteiger partial charge in [-0.2, -0.15) is 0 Å². The van der Waals surface area contributed by atoms with Crippen LogP contribution >= 0.6 is 0 Å². The number of carbonyl (C=O) groups is 2. The van der Waals surface area contributed by atoms with E-state index < -0.39 is 5.91 Å². The van der Waals surface area contributed by atoms with E-state index in [2.05, 4.69) is 10.6 Å². The van der Waals surface area contributed by atoms with E-state index >= 15 is 0 Å². The number of nitrogens with one attached hydrogen (secondary N) is 2. The maximum Gasteiger partial charge on any atom is 0.250 e. The zero-order valence-corrected chi connectivity index (χ0v) is 14.7. The molecule has 2 aromatic carbocycles. The van der Waals surface area contributed by atoms with Gasteiger partial charge in [0.25, 0.3) is 5.91 Å². The predicted molar refractivity (Wildman–Crippen MR) is 101 cm³/mol. The Bertz CT molecular complexity index is 749. The first-order valence-corrected chi connectivity index (χ1v) is 8.34. The number of para-hydroxylation sites is 3. The molecule has 0 spiro atoms. The molecule has 0 aliphatic carbocycles. The second-order valence-electron chi connectivity index (χ2n) is 5.35. The summed E-state index contributed by atoms with van der Waals surface area (Å²) < 4.78 is 10.9. The van der Waals surface area contributed by atoms with Crippen molar-refractivity contribution in [3.05, 3.63) is 54.1 Å². The zero-order chi connectivity index (χ0) is 18.8. The fourth-order valence-electron chi connectivity index (χ4n) is 2.27. The third-order valence-electron chi connectivity index (χ3n) is 3.48. The van der Waals surface area contributed by atoms with E-state index in [1.54, 1.807) is 42.5 Å². The lowest BCUT2D eigenvalue weighted by molar-refractivity contribution is -0.114. The number of ether oxygens (including phenoxy) is 2. The Kier molecular flexibility index (Phi) is 7.45. The van der Waals surface area contributed by atoms with Crippen LogP contribution in [0.5, 0.6) is 5.75 Å². The van der Waals surface area contributed by atoms with Crippen molar-refractivity contribution < 1.29 is 19.1 Å². The second-order valence-corrected chi connectivity index (χ2v) is 5.35. The summed E-state index contributed by atoms with van der Waals surface area (Å²) in [4.78, 5) is 23.6. The monoisotopic (exact) mass is 357 g/mol. The van der Waals surface area contributed by atoms with Gasteiger partial charge in [-0.25, -0.2) is 0 Å². The summed E-state index contributed by atoms with van der Waals surface area (Å²) in [5.74, 6) is -0.259. The lowest BCUT2D eigenvalue weighted by atomic mass is 10.1. The molecule has 4 N–H and O–H groups in total. The number of primary amides is 1. The molecule has 0 aliphatic heterocycles. The van der Waals surface area contributed by atoms with E-state index in [-0.39, 0.29) is 12.5 Å². The minimum atomic E-state index is -0.554. The van der Waals surface area contributed by atoms with Crippen LogP contribution in [0.2, 0.25) is 0 Å². The lowest BCUT2D eigenvalue weighted by Crippen LogP contribution is -2.23. The minimum absolute atomic E-state index is 0.0163. The SMILES string of the molecule is CCOCCOc1ccccc1NC(=O)CNc1ccccc1C(N)=O. The first-order chi connectivity index (χ1) is 12.6. The molecule has 0 radical (unpaired) electrons. The van der Waals surface area contributed by atoms with Crippen LogP contribution in [0.25, 0.3) is 0 Å². The summed E-state index contributed by atoms with van der Waals surface area (Å²) >= 11 is 0. The number of nitrogens with two attached hydrogens (primary N) is 1. The third-order valence-corrected chi connectivity index (χ3v) is 3.48. The largest absolute Gasteiger partial charge is 0.489 e. The molecular weight excluding hydrogens is 334 g/mol. The molecule has 2 rings (SSSR count). The van der Waals surface area contributed by atoms with Crippen molar-refractivity contribution in [1.29, 1.82) is 0 Å². The Morgan fingerprint density at radius 2 is 1.69 bits per heavy atom. The summed E-state index contributed by atoms with van der Waals surface area (Å²) in [5, 5.41) is 5.71. The fraction of sp³-hybridized carbons (Fsp3) is 0.263. The Labute approximate surface area is 152 Å². The van der Waals surface area contributed by atoms with Crippen LogP contribution in [0, 0.1) is 0 Å². The van der Waals surface area contributed by atoms with E-state index in [0.29, 0.717) is 42.5 Å². The number of hydrogen-bond donors (Lipinski definition) is 3. The molecule has 0 saturated heterocycles. The molecule has 0 aliphatic rings. The molecule has 0 bridgehead atoms. The molecule has 0 unspecified atom stereocenters. The van der Waals surface area contributed by atoms with Crippen LogP contribution in [0.4, 0.5) is 11.4 Å². The van der Waals surface area contributed by atoms with Gasteiger partial charge in [0.15, 0.2) is 0 Å². The number of rotatable bonds is 10. The quantitative estimate of drug-likeness (QED) is 0.566. The maximum absolute atomic E-state index is 12.2. The van der Waals surface area contributed by atoms with Crippen LogP contribution in [0.1, 0.15) is 17.3 Å². The molecule has 0 atom stereocenters. The number of carbonyl (C=O) groups excluding carboxylic acids is 2. The van der Waals surface area contributed by atoms with Gasteiger partial charge in [-0.1, -0.05) is 24.3 Å². The van der Waals surface area contributed by atoms with Crippen molar-refractivity contribution in [1.82, 2.24) is 0 Å². The van der Waals surface area contributed by atoms with E-state index in [1.807, 2.05) is 13.0 Å². The number of benzene rings is 2. The fourth-order valence-corrected chi connectivity index (χ4v) is 2.27. The Morgan fingerprint density at radius 3 is 2.42 bits per heavy atom. The van der Waals surface area contributed by atoms with Gasteiger partial charge in [0.1, 0.15) is 12.4 Å². The van der Waals surface area contributed by atoms with Crippen LogP contribution in [0.15, 0.2) is 48.5 Å². The highest BCUT2D eigenvalue weighted by molar-refractivity contribution is 6.00. The molecule has 2 amide bonds. The van der Waals surface area contributed by atoms with Crippen LogP contribution in [-0.4, -0.2) is 38.2 Å². The standard InChI is InChI=1S/C19H23N3O4/c1-2-25-11-12-26-17-10-6-5-9-16(17)22-18(23)13-21-15-8-4-3-7-14(15)19(20)24/h3-10,21H,2,11-13H2,1H3,(H2,20,24)(H,22,23). The zero-order valence-electron chi connectivity index (χ0n) is 14.7. The van der Waals surface area contributed by atoms with Crippen LogP contribution in [-0.2, 0) is 9.53 Å². The van der Waals surface area contributed by atoms with Crippen molar-refractivity contribution in [3.8, 4) is 5.75 Å². The lowest BCUT2D eigenvalue weighted by Gasteiger charge is -2.13. The van der Waals surface area contributed by atoms with E-state index in [1.165, 1.54) is 0 Å². The molecule has 2 aromatic rings.